The summed E-state index contributed by atoms with van der Waals surface area (Å²) in [6.45, 7) is 0.506. The Hall–Kier alpha value is -3.57. The summed E-state index contributed by atoms with van der Waals surface area (Å²) in [4.78, 5) is 34.3. The Morgan fingerprint density at radius 2 is 1.64 bits per heavy atom. The smallest absolute Gasteiger partial charge is 0.246 e. The van der Waals surface area contributed by atoms with Gasteiger partial charge in [-0.15, -0.1) is 0 Å². The lowest BCUT2D eigenvalue weighted by molar-refractivity contribution is -0.159. The lowest BCUT2D eigenvalue weighted by Gasteiger charge is -2.47. The van der Waals surface area contributed by atoms with Crippen molar-refractivity contribution in [3.8, 4) is 0 Å². The van der Waals surface area contributed by atoms with Crippen molar-refractivity contribution in [3.05, 3.63) is 106 Å². The average Bonchev–Trinajstić information content (AvgIpc) is 3.21. The van der Waals surface area contributed by atoms with Crippen LogP contribution in [0, 0.1) is 0 Å². The fourth-order valence-corrected chi connectivity index (χ4v) is 5.38. The molecule has 33 heavy (non-hydrogen) atoms. The van der Waals surface area contributed by atoms with Crippen LogP contribution in [0.3, 0.4) is 0 Å². The highest BCUT2D eigenvalue weighted by Crippen LogP contribution is 2.42. The van der Waals surface area contributed by atoms with Gasteiger partial charge >= 0.3 is 0 Å². The van der Waals surface area contributed by atoms with Crippen molar-refractivity contribution in [2.24, 2.45) is 0 Å². The zero-order valence-electron chi connectivity index (χ0n) is 17.9. The zero-order valence-corrected chi connectivity index (χ0v) is 18.6. The number of fused-ring (bicyclic) bond motifs is 4. The fraction of sp³-hybridized carbons (Fsp3) is 0.185. The van der Waals surface area contributed by atoms with Crippen LogP contribution in [0.25, 0.3) is 10.9 Å². The molecule has 164 valence electrons. The summed E-state index contributed by atoms with van der Waals surface area (Å²) in [6.07, 6.45) is 0.499. The summed E-state index contributed by atoms with van der Waals surface area (Å²) in [5.74, 6) is -0.0480. The van der Waals surface area contributed by atoms with Gasteiger partial charge < -0.3 is 14.8 Å². The second-order valence-electron chi connectivity index (χ2n) is 8.72. The molecular weight excluding hydrogens is 434 g/mol. The monoisotopic (exact) mass is 455 g/mol. The SMILES string of the molecule is O=C1[C@@H]2Cc3c([nH]c4ccccc34)[C@@H](c3ccc(Cl)cc3)N2C(=O)CN1Cc1ccccc1. The van der Waals surface area contributed by atoms with E-state index in [1.54, 1.807) is 9.80 Å². The van der Waals surface area contributed by atoms with E-state index in [4.69, 9.17) is 11.6 Å². The van der Waals surface area contributed by atoms with Gasteiger partial charge in [0.2, 0.25) is 11.8 Å². The van der Waals surface area contributed by atoms with Crippen LogP contribution in [0.2, 0.25) is 5.02 Å². The second-order valence-corrected chi connectivity index (χ2v) is 9.15. The molecule has 0 bridgehead atoms. The molecule has 0 aliphatic carbocycles. The number of H-pyrrole nitrogens is 1. The fourth-order valence-electron chi connectivity index (χ4n) is 5.25. The normalized spacial score (nSPS) is 20.2. The Bertz CT molecular complexity index is 1360. The Labute approximate surface area is 196 Å². The molecule has 1 aromatic heterocycles. The average molecular weight is 456 g/mol. The van der Waals surface area contributed by atoms with E-state index in [-0.39, 0.29) is 24.4 Å². The Kier molecular flexibility index (Phi) is 4.73. The van der Waals surface area contributed by atoms with E-state index < -0.39 is 6.04 Å². The van der Waals surface area contributed by atoms with Gasteiger partial charge in [-0.05, 0) is 34.9 Å². The number of benzene rings is 3. The van der Waals surface area contributed by atoms with E-state index >= 15 is 0 Å². The summed E-state index contributed by atoms with van der Waals surface area (Å²) >= 11 is 6.15. The third-order valence-corrected chi connectivity index (χ3v) is 7.00. The molecule has 5 nitrogen and oxygen atoms in total. The highest BCUT2D eigenvalue weighted by atomic mass is 35.5. The van der Waals surface area contributed by atoms with Gasteiger partial charge in [0.05, 0.1) is 6.04 Å². The Morgan fingerprint density at radius 1 is 0.909 bits per heavy atom. The molecule has 2 aliphatic heterocycles. The quantitative estimate of drug-likeness (QED) is 0.486. The van der Waals surface area contributed by atoms with Gasteiger partial charge in [0, 0.05) is 34.6 Å². The van der Waals surface area contributed by atoms with Crippen molar-refractivity contribution >= 4 is 34.3 Å². The van der Waals surface area contributed by atoms with Gasteiger partial charge in [0.15, 0.2) is 0 Å². The van der Waals surface area contributed by atoms with E-state index in [2.05, 4.69) is 11.1 Å². The van der Waals surface area contributed by atoms with Gasteiger partial charge in [-0.3, -0.25) is 9.59 Å². The molecule has 0 radical (unpaired) electrons. The van der Waals surface area contributed by atoms with Crippen LogP contribution >= 0.6 is 11.6 Å². The largest absolute Gasteiger partial charge is 0.356 e. The summed E-state index contributed by atoms with van der Waals surface area (Å²) in [7, 11) is 0. The maximum absolute atomic E-state index is 13.7. The molecule has 0 spiro atoms. The lowest BCUT2D eigenvalue weighted by Crippen LogP contribution is -2.62. The number of piperazine rings is 1. The van der Waals surface area contributed by atoms with Crippen molar-refractivity contribution in [1.82, 2.24) is 14.8 Å². The van der Waals surface area contributed by atoms with Crippen LogP contribution in [-0.2, 0) is 22.6 Å². The molecule has 6 rings (SSSR count). The maximum atomic E-state index is 13.7. The molecule has 2 atom stereocenters. The molecule has 2 aliphatic rings. The minimum absolute atomic E-state index is 0.00616. The van der Waals surface area contributed by atoms with Crippen LogP contribution in [0.1, 0.15) is 28.4 Å². The van der Waals surface area contributed by atoms with E-state index in [1.807, 2.05) is 72.8 Å². The second kappa shape index (κ2) is 7.78. The predicted octanol–water partition coefficient (Wildman–Crippen LogP) is 4.71. The van der Waals surface area contributed by atoms with Crippen LogP contribution < -0.4 is 0 Å². The number of nitrogens with one attached hydrogen (secondary N) is 1. The van der Waals surface area contributed by atoms with Crippen molar-refractivity contribution in [2.75, 3.05) is 6.54 Å². The van der Waals surface area contributed by atoms with Crippen LogP contribution in [0.15, 0.2) is 78.9 Å². The summed E-state index contributed by atoms with van der Waals surface area (Å²) in [6, 6.07) is 24.6. The number of rotatable bonds is 3. The van der Waals surface area contributed by atoms with Crippen molar-refractivity contribution < 1.29 is 9.59 Å². The van der Waals surface area contributed by atoms with Crippen molar-refractivity contribution in [3.63, 3.8) is 0 Å². The molecule has 1 fully saturated rings. The first-order valence-corrected chi connectivity index (χ1v) is 11.5. The number of para-hydroxylation sites is 1. The van der Waals surface area contributed by atoms with Gasteiger partial charge in [-0.1, -0.05) is 72.3 Å². The minimum atomic E-state index is -0.539. The molecule has 3 heterocycles. The highest BCUT2D eigenvalue weighted by molar-refractivity contribution is 6.30. The third-order valence-electron chi connectivity index (χ3n) is 6.74. The van der Waals surface area contributed by atoms with Crippen LogP contribution in [0.5, 0.6) is 0 Å². The first kappa shape index (κ1) is 20.1. The minimum Gasteiger partial charge on any atom is -0.356 e. The number of carbonyl (C=O) groups excluding carboxylic acids is 2. The van der Waals surface area contributed by atoms with Gasteiger partial charge in [0.25, 0.3) is 0 Å². The zero-order chi connectivity index (χ0) is 22.5. The van der Waals surface area contributed by atoms with E-state index in [0.717, 1.165) is 33.3 Å². The molecule has 4 aromatic rings. The number of aromatic nitrogens is 1. The molecule has 1 N–H and O–H groups in total. The van der Waals surface area contributed by atoms with Crippen molar-refractivity contribution in [1.29, 1.82) is 0 Å². The number of nitrogens with zero attached hydrogens (tertiary/aromatic N) is 2. The number of hydrogen-bond acceptors (Lipinski definition) is 2. The standard InChI is InChI=1S/C27H22ClN3O2/c28-19-12-10-18(11-13-19)26-25-21(20-8-4-5-9-22(20)29-25)14-23-27(33)30(16-24(32)31(23)26)15-17-6-2-1-3-7-17/h1-13,23,26,29H,14-16H2/t23-,26+/m0/s1. The molecular formula is C27H22ClN3O2. The van der Waals surface area contributed by atoms with Gasteiger partial charge in [0.1, 0.15) is 12.6 Å². The Morgan fingerprint density at radius 3 is 2.42 bits per heavy atom. The van der Waals surface area contributed by atoms with Gasteiger partial charge in [-0.25, -0.2) is 0 Å². The van der Waals surface area contributed by atoms with E-state index in [1.165, 1.54) is 0 Å². The van der Waals surface area contributed by atoms with E-state index in [9.17, 15) is 9.59 Å². The molecule has 0 saturated carbocycles. The van der Waals surface area contributed by atoms with E-state index in [0.29, 0.717) is 18.0 Å². The van der Waals surface area contributed by atoms with Crippen molar-refractivity contribution in [2.45, 2.75) is 25.0 Å². The van der Waals surface area contributed by atoms with Gasteiger partial charge in [-0.2, -0.15) is 0 Å². The molecule has 2 amide bonds. The molecule has 1 saturated heterocycles. The number of amides is 2. The number of aromatic amines is 1. The first-order valence-electron chi connectivity index (χ1n) is 11.1. The number of carbonyl (C=O) groups is 2. The topological polar surface area (TPSA) is 56.4 Å². The molecule has 3 aromatic carbocycles. The third kappa shape index (κ3) is 3.31. The number of halogens is 1. The Balaban J connectivity index is 1.46. The summed E-state index contributed by atoms with van der Waals surface area (Å²) in [5.41, 5.74) is 5.06. The maximum Gasteiger partial charge on any atom is 0.246 e. The molecule has 0 unspecified atom stereocenters. The number of hydrogen-bond donors (Lipinski definition) is 1. The van der Waals surface area contributed by atoms with Crippen LogP contribution in [0.4, 0.5) is 0 Å². The highest BCUT2D eigenvalue weighted by Gasteiger charge is 2.48. The van der Waals surface area contributed by atoms with Crippen LogP contribution in [-0.4, -0.2) is 39.2 Å². The first-order chi connectivity index (χ1) is 16.1. The predicted molar refractivity (Wildman–Crippen MR) is 128 cm³/mol. The summed E-state index contributed by atoms with van der Waals surface area (Å²) < 4.78 is 0. The lowest BCUT2D eigenvalue weighted by atomic mass is 9.86. The summed E-state index contributed by atoms with van der Waals surface area (Å²) in [5, 5.41) is 1.74. The molecule has 6 heteroatoms.